The van der Waals surface area contributed by atoms with Crippen LogP contribution in [0.4, 0.5) is 0 Å². The van der Waals surface area contributed by atoms with E-state index in [1.807, 2.05) is 41.2 Å². The highest BCUT2D eigenvalue weighted by atomic mass is 79.9. The Bertz CT molecular complexity index is 1060. The van der Waals surface area contributed by atoms with Crippen LogP contribution >= 0.6 is 31.9 Å². The number of hydrogen-bond acceptors (Lipinski definition) is 3. The highest BCUT2D eigenvalue weighted by molar-refractivity contribution is 9.11. The van der Waals surface area contributed by atoms with Gasteiger partial charge < -0.3 is 4.74 Å². The molecule has 0 saturated heterocycles. The fourth-order valence-electron chi connectivity index (χ4n) is 2.63. The SMILES string of the molecule is Brc1cccc2[nH]ncc12.C[Si](C)(C)CCOCn1ncc2c(Br)cccc21. The molecular weight excluding hydrogens is 500 g/mol. The summed E-state index contributed by atoms with van der Waals surface area (Å²) >= 11 is 6.95. The molecule has 148 valence electrons. The van der Waals surface area contributed by atoms with Crippen molar-refractivity contribution in [2.24, 2.45) is 0 Å². The fraction of sp³-hybridized carbons (Fsp3) is 0.300. The van der Waals surface area contributed by atoms with Crippen LogP contribution in [-0.2, 0) is 11.5 Å². The van der Waals surface area contributed by atoms with Gasteiger partial charge in [-0.2, -0.15) is 10.2 Å². The monoisotopic (exact) mass is 522 g/mol. The van der Waals surface area contributed by atoms with E-state index in [-0.39, 0.29) is 0 Å². The molecule has 5 nitrogen and oxygen atoms in total. The zero-order valence-electron chi connectivity index (χ0n) is 16.2. The average Bonchev–Trinajstić information content (AvgIpc) is 3.27. The van der Waals surface area contributed by atoms with Gasteiger partial charge in [-0.1, -0.05) is 63.6 Å². The van der Waals surface area contributed by atoms with Gasteiger partial charge in [0, 0.05) is 34.4 Å². The number of ether oxygens (including phenoxy) is 1. The molecule has 0 fully saturated rings. The van der Waals surface area contributed by atoms with Crippen LogP contribution in [0.15, 0.2) is 57.7 Å². The molecule has 4 aromatic rings. The minimum absolute atomic E-state index is 0.532. The van der Waals surface area contributed by atoms with Crippen molar-refractivity contribution < 1.29 is 4.74 Å². The number of aromatic amines is 1. The molecule has 0 amide bonds. The average molecular weight is 524 g/mol. The van der Waals surface area contributed by atoms with Crippen molar-refractivity contribution in [1.82, 2.24) is 20.0 Å². The first-order valence-electron chi connectivity index (χ1n) is 9.10. The number of aromatic nitrogens is 4. The Hall–Kier alpha value is -1.48. The lowest BCUT2D eigenvalue weighted by Gasteiger charge is -2.15. The molecule has 0 bridgehead atoms. The van der Waals surface area contributed by atoms with Gasteiger partial charge >= 0.3 is 0 Å². The molecule has 2 aromatic carbocycles. The zero-order chi connectivity index (χ0) is 20.1. The molecule has 8 heteroatoms. The minimum Gasteiger partial charge on any atom is -0.360 e. The molecule has 0 aliphatic heterocycles. The van der Waals surface area contributed by atoms with E-state index in [2.05, 4.69) is 72.9 Å². The first kappa shape index (κ1) is 21.2. The fourth-order valence-corrected chi connectivity index (χ4v) is 4.32. The number of nitrogens with one attached hydrogen (secondary N) is 1. The molecule has 2 heterocycles. The molecule has 4 rings (SSSR count). The number of halogens is 2. The molecule has 0 aliphatic rings. The lowest BCUT2D eigenvalue weighted by atomic mass is 10.3. The van der Waals surface area contributed by atoms with Crippen LogP contribution in [0.1, 0.15) is 0 Å². The third kappa shape index (κ3) is 5.53. The normalized spacial score (nSPS) is 11.6. The third-order valence-corrected chi connectivity index (χ3v) is 7.36. The second-order valence-corrected chi connectivity index (χ2v) is 15.1. The van der Waals surface area contributed by atoms with Gasteiger partial charge in [-0.3, -0.25) is 5.10 Å². The van der Waals surface area contributed by atoms with Crippen LogP contribution in [0.2, 0.25) is 25.7 Å². The molecule has 28 heavy (non-hydrogen) atoms. The number of benzene rings is 2. The molecule has 0 saturated carbocycles. The number of hydrogen-bond donors (Lipinski definition) is 1. The molecular formula is C20H24Br2N4OSi. The van der Waals surface area contributed by atoms with Crippen LogP contribution in [0.25, 0.3) is 21.8 Å². The van der Waals surface area contributed by atoms with E-state index in [0.717, 1.165) is 37.4 Å². The summed E-state index contributed by atoms with van der Waals surface area (Å²) in [6, 6.07) is 13.3. The van der Waals surface area contributed by atoms with Gasteiger partial charge in [0.1, 0.15) is 6.73 Å². The molecule has 2 aromatic heterocycles. The maximum absolute atomic E-state index is 5.72. The van der Waals surface area contributed by atoms with Gasteiger partial charge in [0.15, 0.2) is 0 Å². The summed E-state index contributed by atoms with van der Waals surface area (Å²) in [6.45, 7) is 8.43. The Morgan fingerprint density at radius 1 is 1.00 bits per heavy atom. The molecule has 0 spiro atoms. The molecule has 0 radical (unpaired) electrons. The second kappa shape index (κ2) is 9.34. The summed E-state index contributed by atoms with van der Waals surface area (Å²) in [6.07, 6.45) is 3.68. The Kier molecular flexibility index (Phi) is 7.08. The van der Waals surface area contributed by atoms with Gasteiger partial charge in [0.05, 0.1) is 23.4 Å². The maximum atomic E-state index is 5.72. The molecule has 0 aliphatic carbocycles. The Morgan fingerprint density at radius 2 is 1.71 bits per heavy atom. The highest BCUT2D eigenvalue weighted by Gasteiger charge is 2.12. The Balaban J connectivity index is 0.000000188. The van der Waals surface area contributed by atoms with Crippen LogP contribution in [0.3, 0.4) is 0 Å². The van der Waals surface area contributed by atoms with E-state index >= 15 is 0 Å². The summed E-state index contributed by atoms with van der Waals surface area (Å²) in [7, 11) is -1.00. The molecule has 1 N–H and O–H groups in total. The summed E-state index contributed by atoms with van der Waals surface area (Å²) in [4.78, 5) is 0. The van der Waals surface area contributed by atoms with Crippen molar-refractivity contribution in [3.63, 3.8) is 0 Å². The first-order chi connectivity index (χ1) is 13.3. The van der Waals surface area contributed by atoms with Crippen molar-refractivity contribution in [3.8, 4) is 0 Å². The largest absolute Gasteiger partial charge is 0.360 e. The lowest BCUT2D eigenvalue weighted by Crippen LogP contribution is -2.22. The molecule has 0 atom stereocenters. The van der Waals surface area contributed by atoms with Crippen molar-refractivity contribution in [3.05, 3.63) is 57.7 Å². The lowest BCUT2D eigenvalue weighted by molar-refractivity contribution is 0.0817. The van der Waals surface area contributed by atoms with Crippen molar-refractivity contribution in [1.29, 1.82) is 0 Å². The van der Waals surface area contributed by atoms with E-state index in [1.54, 1.807) is 6.20 Å². The summed E-state index contributed by atoms with van der Waals surface area (Å²) in [5.41, 5.74) is 2.17. The number of H-pyrrole nitrogens is 1. The smallest absolute Gasteiger partial charge is 0.139 e. The van der Waals surface area contributed by atoms with Crippen molar-refractivity contribution in [2.75, 3.05) is 6.61 Å². The first-order valence-corrected chi connectivity index (χ1v) is 14.4. The van der Waals surface area contributed by atoms with Crippen molar-refractivity contribution >= 4 is 61.7 Å². The van der Waals surface area contributed by atoms with Gasteiger partial charge in [-0.25, -0.2) is 4.68 Å². The maximum Gasteiger partial charge on any atom is 0.139 e. The quantitative estimate of drug-likeness (QED) is 0.242. The van der Waals surface area contributed by atoms with Crippen LogP contribution in [0, 0.1) is 0 Å². The number of fused-ring (bicyclic) bond motifs is 2. The minimum atomic E-state index is -1.00. The summed E-state index contributed by atoms with van der Waals surface area (Å²) in [5, 5.41) is 13.4. The van der Waals surface area contributed by atoms with Gasteiger partial charge in [0.2, 0.25) is 0 Å². The standard InChI is InChI=1S/C13H19BrN2OSi.C7H5BrN2/c1-18(2,3)8-7-17-10-16-13-6-4-5-12(14)11(13)9-15-16;8-6-2-1-3-7-5(6)4-9-10-7/h4-6,9H,7-8,10H2,1-3H3;1-4H,(H,9,10). The number of rotatable bonds is 5. The predicted molar refractivity (Wildman–Crippen MR) is 125 cm³/mol. The van der Waals surface area contributed by atoms with Gasteiger partial charge in [-0.15, -0.1) is 0 Å². The predicted octanol–water partition coefficient (Wildman–Crippen LogP) is 6.44. The van der Waals surface area contributed by atoms with E-state index in [9.17, 15) is 0 Å². The van der Waals surface area contributed by atoms with Gasteiger partial charge in [-0.05, 0) is 30.3 Å². The van der Waals surface area contributed by atoms with E-state index < -0.39 is 8.07 Å². The summed E-state index contributed by atoms with van der Waals surface area (Å²) < 4.78 is 9.79. The van der Waals surface area contributed by atoms with Crippen LogP contribution in [0.5, 0.6) is 0 Å². The van der Waals surface area contributed by atoms with E-state index in [0.29, 0.717) is 6.73 Å². The highest BCUT2D eigenvalue weighted by Crippen LogP contribution is 2.23. The summed E-state index contributed by atoms with van der Waals surface area (Å²) in [5.74, 6) is 0. The topological polar surface area (TPSA) is 55.7 Å². The van der Waals surface area contributed by atoms with E-state index in [1.165, 1.54) is 6.04 Å². The second-order valence-electron chi connectivity index (χ2n) is 7.74. The third-order valence-electron chi connectivity index (χ3n) is 4.28. The van der Waals surface area contributed by atoms with Crippen LogP contribution in [-0.4, -0.2) is 34.7 Å². The van der Waals surface area contributed by atoms with Crippen LogP contribution < -0.4 is 0 Å². The Morgan fingerprint density at radius 3 is 2.43 bits per heavy atom. The molecule has 0 unspecified atom stereocenters. The van der Waals surface area contributed by atoms with E-state index in [4.69, 9.17) is 4.74 Å². The number of nitrogens with zero attached hydrogens (tertiary/aromatic N) is 3. The Labute approximate surface area is 182 Å². The van der Waals surface area contributed by atoms with Crippen molar-refractivity contribution in [2.45, 2.75) is 32.4 Å². The zero-order valence-corrected chi connectivity index (χ0v) is 20.4. The van der Waals surface area contributed by atoms with Gasteiger partial charge in [0.25, 0.3) is 0 Å².